The predicted molar refractivity (Wildman–Crippen MR) is 167 cm³/mol. The molecule has 10 nitrogen and oxygen atoms in total. The molecular weight excluding hydrogens is 565 g/mol. The summed E-state index contributed by atoms with van der Waals surface area (Å²) in [5.74, 6) is -1.32. The van der Waals surface area contributed by atoms with Crippen molar-refractivity contribution in [3.63, 3.8) is 0 Å². The first-order chi connectivity index (χ1) is 21.2. The van der Waals surface area contributed by atoms with E-state index in [1.165, 1.54) is 12.1 Å². The van der Waals surface area contributed by atoms with Crippen LogP contribution in [0.4, 0.5) is 10.1 Å². The fourth-order valence-electron chi connectivity index (χ4n) is 5.66. The minimum absolute atomic E-state index is 0.0506. The minimum atomic E-state index is -0.762. The molecule has 4 N–H and O–H groups in total. The highest BCUT2D eigenvalue weighted by molar-refractivity contribution is 6.35. The van der Waals surface area contributed by atoms with Gasteiger partial charge in [-0.15, -0.1) is 0 Å². The Morgan fingerprint density at radius 1 is 1.14 bits per heavy atom. The Labute approximate surface area is 255 Å². The van der Waals surface area contributed by atoms with Crippen LogP contribution in [0.1, 0.15) is 51.5 Å². The Kier molecular flexibility index (Phi) is 9.58. The first-order valence-corrected chi connectivity index (χ1v) is 14.9. The van der Waals surface area contributed by atoms with Gasteiger partial charge in [0.15, 0.2) is 0 Å². The number of aliphatic hydroxyl groups excluding tert-OH is 1. The Balaban J connectivity index is 1.50. The lowest BCUT2D eigenvalue weighted by Gasteiger charge is -2.27. The summed E-state index contributed by atoms with van der Waals surface area (Å²) in [5, 5.41) is 16.2. The van der Waals surface area contributed by atoms with Gasteiger partial charge in [0.2, 0.25) is 0 Å². The van der Waals surface area contributed by atoms with Gasteiger partial charge in [-0.2, -0.15) is 0 Å². The summed E-state index contributed by atoms with van der Waals surface area (Å²) in [7, 11) is 0. The first-order valence-electron chi connectivity index (χ1n) is 14.9. The summed E-state index contributed by atoms with van der Waals surface area (Å²) in [6.07, 6.45) is 0.893. The number of fused-ring (bicyclic) bond motifs is 1. The average Bonchev–Trinajstić information content (AvgIpc) is 3.53. The maximum Gasteiger partial charge on any atom is 0.256 e. The second-order valence-corrected chi connectivity index (χ2v) is 10.9. The highest BCUT2D eigenvalue weighted by Crippen LogP contribution is 2.38. The van der Waals surface area contributed by atoms with Gasteiger partial charge in [0.25, 0.3) is 17.7 Å². The van der Waals surface area contributed by atoms with Crippen LogP contribution < -0.4 is 10.6 Å². The number of hydrogen-bond donors (Lipinski definition) is 4. The Bertz CT molecular complexity index is 1570. The smallest absolute Gasteiger partial charge is 0.256 e. The van der Waals surface area contributed by atoms with E-state index in [0.717, 1.165) is 13.1 Å². The minimum Gasteiger partial charge on any atom is -0.390 e. The van der Waals surface area contributed by atoms with Crippen LogP contribution in [0.2, 0.25) is 0 Å². The number of aromatic nitrogens is 1. The molecule has 0 bridgehead atoms. The standard InChI is InChI=1S/C33H38FN5O5/c1-4-38(5-2)19-24(40)18-35-32(42)29-20(3)36-28(30(29)21-6-9-23(34)10-7-21)17-26-25-16-22(8-11-27(25)37-31(26)41)33(43)39-12-14-44-15-13-39/h6-11,16-17,24,36,40H,4-5,12-15,18-19H2,1-3H3,(H,35,42)(H,37,41). The van der Waals surface area contributed by atoms with Crippen molar-refractivity contribution in [2.75, 3.05) is 57.8 Å². The monoisotopic (exact) mass is 603 g/mol. The average molecular weight is 604 g/mol. The van der Waals surface area contributed by atoms with Crippen molar-refractivity contribution in [2.45, 2.75) is 26.9 Å². The third-order valence-electron chi connectivity index (χ3n) is 8.07. The highest BCUT2D eigenvalue weighted by atomic mass is 19.1. The van der Waals surface area contributed by atoms with Crippen molar-refractivity contribution in [3.8, 4) is 11.1 Å². The van der Waals surface area contributed by atoms with Gasteiger partial charge < -0.3 is 35.3 Å². The van der Waals surface area contributed by atoms with E-state index in [4.69, 9.17) is 4.74 Å². The number of likely N-dealkylation sites (N-methyl/N-ethyl adjacent to an activating group) is 1. The molecule has 0 radical (unpaired) electrons. The number of rotatable bonds is 10. The number of halogens is 1. The number of nitrogens with zero attached hydrogens (tertiary/aromatic N) is 2. The van der Waals surface area contributed by atoms with E-state index < -0.39 is 17.8 Å². The number of nitrogens with one attached hydrogen (secondary N) is 3. The van der Waals surface area contributed by atoms with Gasteiger partial charge in [0.05, 0.1) is 30.5 Å². The molecule has 1 fully saturated rings. The van der Waals surface area contributed by atoms with Gasteiger partial charge in [0.1, 0.15) is 5.82 Å². The Hall–Kier alpha value is -4.32. The number of amides is 3. The molecule has 11 heteroatoms. The van der Waals surface area contributed by atoms with Crippen molar-refractivity contribution in [1.82, 2.24) is 20.1 Å². The third-order valence-corrected chi connectivity index (χ3v) is 8.07. The van der Waals surface area contributed by atoms with Crippen LogP contribution in [0.25, 0.3) is 22.8 Å². The lowest BCUT2D eigenvalue weighted by molar-refractivity contribution is -0.110. The summed E-state index contributed by atoms with van der Waals surface area (Å²) in [6.45, 7) is 9.75. The number of anilines is 1. The maximum absolute atomic E-state index is 13.9. The number of H-pyrrole nitrogens is 1. The van der Waals surface area contributed by atoms with E-state index in [1.807, 2.05) is 13.8 Å². The van der Waals surface area contributed by atoms with Gasteiger partial charge in [0, 0.05) is 59.9 Å². The second-order valence-electron chi connectivity index (χ2n) is 10.9. The molecule has 232 valence electrons. The van der Waals surface area contributed by atoms with E-state index in [1.54, 1.807) is 48.2 Å². The number of benzene rings is 2. The van der Waals surface area contributed by atoms with Crippen molar-refractivity contribution in [1.29, 1.82) is 0 Å². The number of aromatic amines is 1. The topological polar surface area (TPSA) is 127 Å². The Morgan fingerprint density at radius 3 is 2.52 bits per heavy atom. The van der Waals surface area contributed by atoms with Gasteiger partial charge in [-0.1, -0.05) is 26.0 Å². The maximum atomic E-state index is 13.9. The molecule has 1 saturated heterocycles. The molecule has 3 heterocycles. The van der Waals surface area contributed by atoms with Crippen LogP contribution in [0.5, 0.6) is 0 Å². The van der Waals surface area contributed by atoms with Crippen molar-refractivity contribution < 1.29 is 28.6 Å². The fraction of sp³-hybridized carbons (Fsp3) is 0.364. The molecule has 1 unspecified atom stereocenters. The molecule has 5 rings (SSSR count). The molecule has 1 atom stereocenters. The van der Waals surface area contributed by atoms with Crippen LogP contribution in [0, 0.1) is 12.7 Å². The van der Waals surface area contributed by atoms with Crippen molar-refractivity contribution >= 4 is 35.1 Å². The van der Waals surface area contributed by atoms with Gasteiger partial charge >= 0.3 is 0 Å². The summed E-state index contributed by atoms with van der Waals surface area (Å²) in [6, 6.07) is 10.9. The number of ether oxygens (including phenoxy) is 1. The van der Waals surface area contributed by atoms with Gasteiger partial charge in [-0.3, -0.25) is 14.4 Å². The second kappa shape index (κ2) is 13.5. The molecular formula is C33H38FN5O5. The fourth-order valence-corrected chi connectivity index (χ4v) is 5.66. The molecule has 2 aliphatic rings. The number of carbonyl (C=O) groups excluding carboxylic acids is 3. The van der Waals surface area contributed by atoms with Crippen LogP contribution in [0.15, 0.2) is 42.5 Å². The molecule has 0 aliphatic carbocycles. The number of aryl methyl sites for hydroxylation is 1. The normalized spacial score (nSPS) is 16.3. The molecule has 44 heavy (non-hydrogen) atoms. The SMILES string of the molecule is CCN(CC)CC(O)CNC(=O)c1c(C)[nH]c(C=C2C(=O)Nc3ccc(C(=O)N4CCOCC4)cc32)c1-c1ccc(F)cc1. The molecule has 1 aromatic heterocycles. The number of hydrogen-bond acceptors (Lipinski definition) is 6. The van der Waals surface area contributed by atoms with Crippen LogP contribution >= 0.6 is 0 Å². The lowest BCUT2D eigenvalue weighted by atomic mass is 9.97. The zero-order chi connectivity index (χ0) is 31.4. The van der Waals surface area contributed by atoms with Crippen LogP contribution in [-0.2, 0) is 9.53 Å². The quantitative estimate of drug-likeness (QED) is 0.263. The first kappa shape index (κ1) is 31.1. The number of morpholine rings is 1. The molecule has 3 amide bonds. The third kappa shape index (κ3) is 6.59. The van der Waals surface area contributed by atoms with E-state index in [-0.39, 0.29) is 18.4 Å². The summed E-state index contributed by atoms with van der Waals surface area (Å²) in [5.41, 5.74) is 4.34. The number of carbonyl (C=O) groups is 3. The van der Waals surface area contributed by atoms with Crippen molar-refractivity contribution in [2.24, 2.45) is 0 Å². The molecule has 0 spiro atoms. The van der Waals surface area contributed by atoms with Gasteiger partial charge in [-0.25, -0.2) is 4.39 Å². The molecule has 2 aromatic carbocycles. The summed E-state index contributed by atoms with van der Waals surface area (Å²) in [4.78, 5) is 47.0. The van der Waals surface area contributed by atoms with E-state index in [0.29, 0.717) is 83.3 Å². The Morgan fingerprint density at radius 2 is 1.84 bits per heavy atom. The molecule has 3 aromatic rings. The predicted octanol–water partition coefficient (Wildman–Crippen LogP) is 3.53. The zero-order valence-corrected chi connectivity index (χ0v) is 25.2. The number of aliphatic hydroxyl groups is 1. The van der Waals surface area contributed by atoms with E-state index in [9.17, 15) is 23.9 Å². The van der Waals surface area contributed by atoms with E-state index in [2.05, 4.69) is 20.5 Å². The van der Waals surface area contributed by atoms with E-state index >= 15 is 0 Å². The van der Waals surface area contributed by atoms with Crippen LogP contribution in [-0.4, -0.2) is 96.2 Å². The molecule has 2 aliphatic heterocycles. The largest absolute Gasteiger partial charge is 0.390 e. The lowest BCUT2D eigenvalue weighted by Crippen LogP contribution is -2.40. The van der Waals surface area contributed by atoms with Crippen molar-refractivity contribution in [3.05, 3.63) is 76.4 Å². The summed E-state index contributed by atoms with van der Waals surface area (Å²) >= 11 is 0. The summed E-state index contributed by atoms with van der Waals surface area (Å²) < 4.78 is 19.3. The highest BCUT2D eigenvalue weighted by Gasteiger charge is 2.29. The molecule has 0 saturated carbocycles. The van der Waals surface area contributed by atoms with Crippen LogP contribution in [0.3, 0.4) is 0 Å². The van der Waals surface area contributed by atoms with Gasteiger partial charge in [-0.05, 0) is 62.0 Å². The zero-order valence-electron chi connectivity index (χ0n) is 25.2.